The minimum absolute atomic E-state index is 0.208. The molecule has 3 heterocycles. The lowest BCUT2D eigenvalue weighted by atomic mass is 9.87. The van der Waals surface area contributed by atoms with Gasteiger partial charge in [0.1, 0.15) is 36.1 Å². The summed E-state index contributed by atoms with van der Waals surface area (Å²) in [5, 5.41) is 7.32. The number of methoxy groups -OCH3 is 1. The largest absolute Gasteiger partial charge is 0.494 e. The van der Waals surface area contributed by atoms with E-state index in [0.29, 0.717) is 50.1 Å². The van der Waals surface area contributed by atoms with Crippen LogP contribution in [0.25, 0.3) is 11.0 Å². The van der Waals surface area contributed by atoms with E-state index >= 15 is 0 Å². The van der Waals surface area contributed by atoms with Crippen molar-refractivity contribution in [1.29, 1.82) is 0 Å². The SMILES string of the molecule is CCc1cc(Nc2ncc(Br)c(Nc3ccc4nccnc4c3P(C)(C)=O)n2)c(OC)cc1OC1CC(N2CCN(C)CC2)C1. The molecule has 238 valence electrons. The van der Waals surface area contributed by atoms with Crippen LogP contribution in [0.2, 0.25) is 0 Å². The lowest BCUT2D eigenvalue weighted by molar-refractivity contribution is -0.00234. The Morgan fingerprint density at radius 2 is 1.76 bits per heavy atom. The van der Waals surface area contributed by atoms with Crippen LogP contribution in [0.5, 0.6) is 11.5 Å². The average Bonchev–Trinajstić information content (AvgIpc) is 3.00. The van der Waals surface area contributed by atoms with Crippen molar-refractivity contribution >= 4 is 62.6 Å². The van der Waals surface area contributed by atoms with E-state index < -0.39 is 7.14 Å². The molecule has 2 aromatic heterocycles. The van der Waals surface area contributed by atoms with E-state index in [1.807, 2.05) is 24.3 Å². The lowest BCUT2D eigenvalue weighted by Gasteiger charge is -2.45. The normalized spacial score (nSPS) is 19.2. The van der Waals surface area contributed by atoms with Gasteiger partial charge in [-0.3, -0.25) is 14.9 Å². The molecular formula is C32H40BrN8O3P. The number of rotatable bonds is 10. The number of ether oxygens (including phenoxy) is 2. The zero-order valence-corrected chi connectivity index (χ0v) is 28.9. The maximum absolute atomic E-state index is 13.4. The molecule has 0 radical (unpaired) electrons. The zero-order valence-electron chi connectivity index (χ0n) is 26.4. The Labute approximate surface area is 272 Å². The Hall–Kier alpha value is -3.31. The minimum atomic E-state index is -2.74. The number of anilines is 4. The van der Waals surface area contributed by atoms with E-state index in [9.17, 15) is 4.57 Å². The third kappa shape index (κ3) is 6.94. The molecule has 0 amide bonds. The van der Waals surface area contributed by atoms with Gasteiger partial charge in [-0.25, -0.2) is 4.98 Å². The van der Waals surface area contributed by atoms with Crippen LogP contribution < -0.4 is 25.4 Å². The van der Waals surface area contributed by atoms with Gasteiger partial charge >= 0.3 is 0 Å². The maximum Gasteiger partial charge on any atom is 0.229 e. The van der Waals surface area contributed by atoms with Crippen molar-refractivity contribution in [3.8, 4) is 11.5 Å². The molecule has 13 heteroatoms. The summed E-state index contributed by atoms with van der Waals surface area (Å²) in [4.78, 5) is 23.1. The smallest absolute Gasteiger partial charge is 0.229 e. The molecule has 1 aliphatic heterocycles. The van der Waals surface area contributed by atoms with E-state index in [-0.39, 0.29) is 6.10 Å². The number of benzene rings is 2. The van der Waals surface area contributed by atoms with Gasteiger partial charge in [0.2, 0.25) is 5.95 Å². The molecule has 0 spiro atoms. The molecule has 2 aliphatic rings. The van der Waals surface area contributed by atoms with Crippen molar-refractivity contribution in [2.75, 3.05) is 64.3 Å². The van der Waals surface area contributed by atoms with Crippen LogP contribution in [0.15, 0.2) is 47.3 Å². The minimum Gasteiger partial charge on any atom is -0.494 e. The third-order valence-electron chi connectivity index (χ3n) is 8.58. The van der Waals surface area contributed by atoms with Crippen molar-refractivity contribution in [1.82, 2.24) is 29.7 Å². The summed E-state index contributed by atoms with van der Waals surface area (Å²) in [6, 6.07) is 8.33. The van der Waals surface area contributed by atoms with Crippen LogP contribution in [0.4, 0.5) is 23.1 Å². The van der Waals surface area contributed by atoms with E-state index in [2.05, 4.69) is 65.3 Å². The van der Waals surface area contributed by atoms with Crippen molar-refractivity contribution < 1.29 is 14.0 Å². The third-order valence-corrected chi connectivity index (χ3v) is 10.7. The Morgan fingerprint density at radius 1 is 1.00 bits per heavy atom. The molecule has 45 heavy (non-hydrogen) atoms. The van der Waals surface area contributed by atoms with Crippen molar-refractivity contribution in [2.45, 2.75) is 38.3 Å². The fourth-order valence-electron chi connectivity index (χ4n) is 5.99. The Kier molecular flexibility index (Phi) is 9.29. The average molecular weight is 696 g/mol. The van der Waals surface area contributed by atoms with Gasteiger partial charge in [0.05, 0.1) is 33.8 Å². The molecule has 2 aromatic carbocycles. The van der Waals surface area contributed by atoms with E-state index in [1.165, 1.54) is 0 Å². The van der Waals surface area contributed by atoms with Crippen molar-refractivity contribution in [3.63, 3.8) is 0 Å². The first kappa shape index (κ1) is 31.7. The lowest BCUT2D eigenvalue weighted by Crippen LogP contribution is -2.55. The molecule has 6 rings (SSSR count). The van der Waals surface area contributed by atoms with Crippen LogP contribution in [0, 0.1) is 0 Å². The number of halogens is 1. The second-order valence-electron chi connectivity index (χ2n) is 12.1. The molecule has 1 aliphatic carbocycles. The first-order chi connectivity index (χ1) is 21.6. The highest BCUT2D eigenvalue weighted by Gasteiger charge is 2.36. The summed E-state index contributed by atoms with van der Waals surface area (Å²) in [6.07, 6.45) is 8.03. The second kappa shape index (κ2) is 13.2. The van der Waals surface area contributed by atoms with Gasteiger partial charge in [-0.1, -0.05) is 6.92 Å². The van der Waals surface area contributed by atoms with Crippen LogP contribution in [-0.2, 0) is 11.0 Å². The van der Waals surface area contributed by atoms with Gasteiger partial charge in [0, 0.05) is 69.7 Å². The monoisotopic (exact) mass is 694 g/mol. The summed E-state index contributed by atoms with van der Waals surface area (Å²) in [7, 11) is 1.10. The van der Waals surface area contributed by atoms with Gasteiger partial charge in [-0.2, -0.15) is 4.98 Å². The maximum atomic E-state index is 13.4. The molecular weight excluding hydrogens is 655 g/mol. The predicted molar refractivity (Wildman–Crippen MR) is 184 cm³/mol. The molecule has 2 fully saturated rings. The standard InChI is InChI=1S/C32H40BrN8O3P/c1-6-20-15-26(28(43-3)18-27(20)44-22-16-21(17-22)41-13-11-40(2)12-14-41)38-32-36-19-23(33)31(39-32)37-25-8-7-24-29(35-10-9-34-24)30(25)45(4,5)42/h7-10,15,18-19,21-22H,6,11-14,16-17H2,1-5H3,(H2,36,37,38,39). The van der Waals surface area contributed by atoms with Crippen LogP contribution in [0.3, 0.4) is 0 Å². The Balaban J connectivity index is 1.20. The summed E-state index contributed by atoms with van der Waals surface area (Å²) in [5.74, 6) is 2.39. The van der Waals surface area contributed by atoms with Crippen LogP contribution >= 0.6 is 23.1 Å². The Bertz CT molecular complexity index is 1740. The fourth-order valence-corrected chi connectivity index (χ4v) is 7.67. The highest BCUT2D eigenvalue weighted by molar-refractivity contribution is 9.10. The summed E-state index contributed by atoms with van der Waals surface area (Å²) in [6.45, 7) is 10.1. The highest BCUT2D eigenvalue weighted by Crippen LogP contribution is 2.42. The molecule has 11 nitrogen and oxygen atoms in total. The van der Waals surface area contributed by atoms with Crippen LogP contribution in [0.1, 0.15) is 25.3 Å². The van der Waals surface area contributed by atoms with Gasteiger partial charge in [-0.15, -0.1) is 0 Å². The number of aryl methyl sites for hydroxylation is 1. The van der Waals surface area contributed by atoms with Gasteiger partial charge in [-0.05, 0) is 66.5 Å². The zero-order chi connectivity index (χ0) is 31.7. The number of piperazine rings is 1. The molecule has 2 N–H and O–H groups in total. The van der Waals surface area contributed by atoms with Crippen LogP contribution in [-0.4, -0.2) is 95.5 Å². The summed E-state index contributed by atoms with van der Waals surface area (Å²) >= 11 is 3.57. The summed E-state index contributed by atoms with van der Waals surface area (Å²) in [5.41, 5.74) is 3.77. The number of likely N-dealkylation sites (N-methyl/N-ethyl adjacent to an activating group) is 1. The number of fused-ring (bicyclic) bond motifs is 1. The molecule has 0 unspecified atom stereocenters. The number of hydrogen-bond acceptors (Lipinski definition) is 11. The fraction of sp³-hybridized carbons (Fsp3) is 0.438. The molecule has 1 saturated heterocycles. The predicted octanol–water partition coefficient (Wildman–Crippen LogP) is 5.65. The van der Waals surface area contributed by atoms with Crippen molar-refractivity contribution in [3.05, 3.63) is 52.9 Å². The van der Waals surface area contributed by atoms with E-state index in [0.717, 1.165) is 62.4 Å². The number of hydrogen-bond donors (Lipinski definition) is 2. The molecule has 0 bridgehead atoms. The first-order valence-corrected chi connectivity index (χ1v) is 18.7. The molecule has 1 saturated carbocycles. The quantitative estimate of drug-likeness (QED) is 0.201. The van der Waals surface area contributed by atoms with Gasteiger partial charge in [0.15, 0.2) is 0 Å². The Morgan fingerprint density at radius 3 is 2.47 bits per heavy atom. The number of nitrogens with zero attached hydrogens (tertiary/aromatic N) is 6. The summed E-state index contributed by atoms with van der Waals surface area (Å²) < 4.78 is 26.3. The topological polar surface area (TPSA) is 118 Å². The van der Waals surface area contributed by atoms with Gasteiger partial charge < -0.3 is 29.6 Å². The van der Waals surface area contributed by atoms with E-state index in [1.54, 1.807) is 39.0 Å². The molecule has 4 aromatic rings. The number of aromatic nitrogens is 4. The number of nitrogens with one attached hydrogen (secondary N) is 2. The second-order valence-corrected chi connectivity index (χ2v) is 16.1. The van der Waals surface area contributed by atoms with Crippen molar-refractivity contribution in [2.24, 2.45) is 0 Å². The van der Waals surface area contributed by atoms with E-state index in [4.69, 9.17) is 14.5 Å². The molecule has 0 atom stereocenters. The highest BCUT2D eigenvalue weighted by atomic mass is 79.9. The van der Waals surface area contributed by atoms with Gasteiger partial charge in [0.25, 0.3) is 0 Å². The first-order valence-electron chi connectivity index (χ1n) is 15.3.